The van der Waals surface area contributed by atoms with Crippen LogP contribution in [0.5, 0.6) is 0 Å². The molecule has 0 fully saturated rings. The smallest absolute Gasteiger partial charge is 0.252 e. The Bertz CT molecular complexity index is 506. The average Bonchev–Trinajstić information content (AvgIpc) is 2.45. The van der Waals surface area contributed by atoms with Crippen LogP contribution in [0.2, 0.25) is 18.1 Å². The van der Waals surface area contributed by atoms with E-state index < -0.39 is 8.32 Å². The molecule has 1 rings (SSSR count). The summed E-state index contributed by atoms with van der Waals surface area (Å²) in [6.45, 7) is 17.5. The fourth-order valence-electron chi connectivity index (χ4n) is 2.77. The zero-order chi connectivity index (χ0) is 18.7. The number of halogens is 1. The van der Waals surface area contributed by atoms with E-state index in [9.17, 15) is 4.79 Å². The first-order valence-corrected chi connectivity index (χ1v) is 12.2. The van der Waals surface area contributed by atoms with Crippen LogP contribution in [0.25, 0.3) is 0 Å². The van der Waals surface area contributed by atoms with E-state index in [4.69, 9.17) is 16.0 Å². The van der Waals surface area contributed by atoms with Crippen LogP contribution >= 0.6 is 11.6 Å². The van der Waals surface area contributed by atoms with Gasteiger partial charge in [-0.2, -0.15) is 0 Å². The third-order valence-electron chi connectivity index (χ3n) is 5.23. The molecule has 1 aliphatic carbocycles. The Balaban J connectivity index is 3.20. The van der Waals surface area contributed by atoms with Gasteiger partial charge >= 0.3 is 0 Å². The topological polar surface area (TPSA) is 29.5 Å². The van der Waals surface area contributed by atoms with Crippen LogP contribution in [0.1, 0.15) is 54.4 Å². The normalized spacial score (nSPS) is 22.7. The van der Waals surface area contributed by atoms with Gasteiger partial charge in [0.15, 0.2) is 5.88 Å². The van der Waals surface area contributed by atoms with E-state index in [1.165, 1.54) is 0 Å². The van der Waals surface area contributed by atoms with Crippen LogP contribution in [0.4, 0.5) is 0 Å². The highest BCUT2D eigenvalue weighted by Gasteiger charge is 2.42. The second-order valence-electron chi connectivity index (χ2n) is 8.40. The van der Waals surface area contributed by atoms with Crippen molar-refractivity contribution in [1.82, 2.24) is 4.90 Å². The summed E-state index contributed by atoms with van der Waals surface area (Å²) in [5.74, 6) is 0.688. The molecule has 3 nitrogen and oxygen atoms in total. The zero-order valence-electron chi connectivity index (χ0n) is 16.5. The van der Waals surface area contributed by atoms with Gasteiger partial charge in [-0.3, -0.25) is 4.79 Å². The van der Waals surface area contributed by atoms with Crippen molar-refractivity contribution in [1.29, 1.82) is 0 Å². The van der Waals surface area contributed by atoms with Crippen LogP contribution in [0, 0.1) is 5.92 Å². The van der Waals surface area contributed by atoms with E-state index in [0.29, 0.717) is 0 Å². The molecule has 0 spiro atoms. The Morgan fingerprint density at radius 1 is 1.38 bits per heavy atom. The van der Waals surface area contributed by atoms with Gasteiger partial charge in [-0.25, -0.2) is 0 Å². The molecule has 24 heavy (non-hydrogen) atoms. The first-order valence-electron chi connectivity index (χ1n) is 8.92. The molecule has 0 aromatic carbocycles. The summed E-state index contributed by atoms with van der Waals surface area (Å²) >= 11 is 5.90. The van der Waals surface area contributed by atoms with Crippen molar-refractivity contribution in [3.63, 3.8) is 0 Å². The lowest BCUT2D eigenvalue weighted by molar-refractivity contribution is -0.117. The second-order valence-corrected chi connectivity index (χ2v) is 13.5. The zero-order valence-corrected chi connectivity index (χ0v) is 18.3. The van der Waals surface area contributed by atoms with Crippen molar-refractivity contribution in [2.24, 2.45) is 5.92 Å². The van der Waals surface area contributed by atoms with Crippen LogP contribution < -0.4 is 0 Å². The van der Waals surface area contributed by atoms with Gasteiger partial charge in [-0.05, 0) is 69.4 Å². The molecule has 2 atom stereocenters. The molecule has 0 aliphatic heterocycles. The Labute approximate surface area is 154 Å². The highest BCUT2D eigenvalue weighted by atomic mass is 35.5. The molecule has 0 bridgehead atoms. The molecule has 5 heteroatoms. The van der Waals surface area contributed by atoms with Gasteiger partial charge in [-0.1, -0.05) is 32.9 Å². The maximum Gasteiger partial charge on any atom is 0.252 e. The van der Waals surface area contributed by atoms with E-state index in [1.54, 1.807) is 0 Å². The number of hydrogen-bond donors (Lipinski definition) is 0. The molecule has 138 valence electrons. The average molecular weight is 372 g/mol. The molecule has 0 N–H and O–H groups in total. The Kier molecular flexibility index (Phi) is 7.18. The van der Waals surface area contributed by atoms with Crippen molar-refractivity contribution in [3.05, 3.63) is 24.1 Å². The monoisotopic (exact) mass is 371 g/mol. The molecule has 0 heterocycles. The Hall–Kier alpha value is -0.743. The van der Waals surface area contributed by atoms with Gasteiger partial charge in [0.1, 0.15) is 0 Å². The summed E-state index contributed by atoms with van der Waals surface area (Å²) in [6, 6.07) is 0.173. The highest BCUT2D eigenvalue weighted by Crippen LogP contribution is 2.39. The Morgan fingerprint density at radius 3 is 2.38 bits per heavy atom. The second kappa shape index (κ2) is 8.09. The molecule has 0 saturated heterocycles. The lowest BCUT2D eigenvalue weighted by Gasteiger charge is -2.45. The molecule has 0 aromatic heterocycles. The van der Waals surface area contributed by atoms with E-state index in [-0.39, 0.29) is 28.3 Å². The highest BCUT2D eigenvalue weighted by molar-refractivity contribution is 6.74. The van der Waals surface area contributed by atoms with Crippen LogP contribution in [-0.4, -0.2) is 30.5 Å². The maximum atomic E-state index is 11.9. The van der Waals surface area contributed by atoms with Gasteiger partial charge < -0.3 is 9.33 Å². The number of hydrogen-bond acceptors (Lipinski definition) is 3. The SMILES string of the molecule is C/C=C(\O[Si](C)(C)C(C)(C)C)N(C(C)C)[C@H]1C=CCC[C@H]1C(=O)Cl. The molecule has 0 unspecified atom stereocenters. The summed E-state index contributed by atoms with van der Waals surface area (Å²) in [7, 11) is -1.96. The minimum atomic E-state index is -1.96. The molecule has 0 amide bonds. The number of allylic oxidation sites excluding steroid dienone is 2. The summed E-state index contributed by atoms with van der Waals surface area (Å²) in [5, 5.41) is -0.133. The van der Waals surface area contributed by atoms with Gasteiger partial charge in [0, 0.05) is 6.04 Å². The lowest BCUT2D eigenvalue weighted by atomic mass is 9.89. The predicted molar refractivity (Wildman–Crippen MR) is 106 cm³/mol. The summed E-state index contributed by atoms with van der Waals surface area (Å²) in [6.07, 6.45) is 7.99. The molecule has 0 radical (unpaired) electrons. The third-order valence-corrected chi connectivity index (χ3v) is 9.84. The Morgan fingerprint density at radius 2 is 1.96 bits per heavy atom. The first kappa shape index (κ1) is 21.3. The minimum Gasteiger partial charge on any atom is -0.532 e. The van der Waals surface area contributed by atoms with E-state index in [2.05, 4.69) is 64.8 Å². The molecular formula is C19H34ClNO2Si. The number of carbonyl (C=O) groups excluding carboxylic acids is 1. The summed E-state index contributed by atoms with van der Waals surface area (Å²) < 4.78 is 6.59. The third kappa shape index (κ3) is 4.88. The molecule has 0 saturated carbocycles. The summed E-state index contributed by atoms with van der Waals surface area (Å²) in [5.41, 5.74) is 0. The van der Waals surface area contributed by atoms with E-state index >= 15 is 0 Å². The van der Waals surface area contributed by atoms with E-state index in [0.717, 1.165) is 18.7 Å². The van der Waals surface area contributed by atoms with Crippen molar-refractivity contribution < 1.29 is 9.22 Å². The lowest BCUT2D eigenvalue weighted by Crippen LogP contribution is -2.50. The maximum absolute atomic E-state index is 11.9. The van der Waals surface area contributed by atoms with Gasteiger partial charge in [0.05, 0.1) is 12.0 Å². The van der Waals surface area contributed by atoms with Crippen LogP contribution in [0.15, 0.2) is 24.1 Å². The fourth-order valence-corrected chi connectivity index (χ4v) is 4.06. The largest absolute Gasteiger partial charge is 0.532 e. The van der Waals surface area contributed by atoms with Gasteiger partial charge in [0.25, 0.3) is 8.32 Å². The van der Waals surface area contributed by atoms with Crippen molar-refractivity contribution >= 4 is 25.2 Å². The number of carbonyl (C=O) groups is 1. The molecular weight excluding hydrogens is 338 g/mol. The standard InChI is InChI=1S/C19H34ClNO2Si/c1-9-17(23-24(7,8)19(4,5)6)21(14(2)3)16-13-11-10-12-15(16)18(20)22/h9,11,13-16H,10,12H2,1-8H3/b17-9-/t15-,16+/m1/s1. The number of nitrogens with zero attached hydrogens (tertiary/aromatic N) is 1. The van der Waals surface area contributed by atoms with Crippen molar-refractivity contribution in [2.75, 3.05) is 0 Å². The number of rotatable bonds is 6. The first-order chi connectivity index (χ1) is 10.9. The quantitative estimate of drug-likeness (QED) is 0.260. The summed E-state index contributed by atoms with van der Waals surface area (Å²) in [4.78, 5) is 14.2. The minimum absolute atomic E-state index is 0.0419. The van der Waals surface area contributed by atoms with Gasteiger partial charge in [-0.15, -0.1) is 0 Å². The molecule has 0 aromatic rings. The fraction of sp³-hybridized carbons (Fsp3) is 0.737. The van der Waals surface area contributed by atoms with Crippen molar-refractivity contribution in [3.8, 4) is 0 Å². The van der Waals surface area contributed by atoms with Crippen LogP contribution in [-0.2, 0) is 9.22 Å². The van der Waals surface area contributed by atoms with Crippen LogP contribution in [0.3, 0.4) is 0 Å². The molecule has 1 aliphatic rings. The van der Waals surface area contributed by atoms with Gasteiger partial charge in [0.2, 0.25) is 5.24 Å². The van der Waals surface area contributed by atoms with E-state index in [1.807, 2.05) is 13.0 Å². The van der Waals surface area contributed by atoms with Crippen molar-refractivity contribution in [2.45, 2.75) is 84.6 Å². The predicted octanol–water partition coefficient (Wildman–Crippen LogP) is 5.68.